The fourth-order valence-corrected chi connectivity index (χ4v) is 4.04. The quantitative estimate of drug-likeness (QED) is 0.122. The van der Waals surface area contributed by atoms with E-state index in [1.165, 1.54) is 28.1 Å². The fourth-order valence-electron chi connectivity index (χ4n) is 3.32. The number of amidine groups is 1. The van der Waals surface area contributed by atoms with E-state index in [1.807, 2.05) is 42.5 Å². The Kier molecular flexibility index (Phi) is 5.44. The van der Waals surface area contributed by atoms with Crippen molar-refractivity contribution in [2.24, 2.45) is 10.1 Å². The molecular weight excluding hydrogens is 380 g/mol. The topological polar surface area (TPSA) is 80.8 Å². The van der Waals surface area contributed by atoms with E-state index in [1.54, 1.807) is 7.05 Å². The Labute approximate surface area is 173 Å². The number of rotatable bonds is 4. The first-order valence-corrected chi connectivity index (χ1v) is 9.99. The molecule has 0 aromatic heterocycles. The van der Waals surface area contributed by atoms with Crippen LogP contribution in [0.3, 0.4) is 0 Å². The van der Waals surface area contributed by atoms with Crippen molar-refractivity contribution < 1.29 is 5.11 Å². The molecule has 4 aromatic carbocycles. The zero-order valence-corrected chi connectivity index (χ0v) is 16.7. The number of anilines is 1. The number of nitrogens with one attached hydrogen (secondary N) is 2. The van der Waals surface area contributed by atoms with Gasteiger partial charge in [0.15, 0.2) is 0 Å². The summed E-state index contributed by atoms with van der Waals surface area (Å²) >= 11 is 1.17. The highest BCUT2D eigenvalue weighted by Gasteiger charge is 2.14. The molecule has 4 aromatic rings. The van der Waals surface area contributed by atoms with Gasteiger partial charge in [0.25, 0.3) is 0 Å². The summed E-state index contributed by atoms with van der Waals surface area (Å²) in [7, 11) is 1.58. The van der Waals surface area contributed by atoms with Gasteiger partial charge in [-0.2, -0.15) is 0 Å². The van der Waals surface area contributed by atoms with Crippen molar-refractivity contribution in [1.29, 1.82) is 5.53 Å². The molecule has 0 heterocycles. The van der Waals surface area contributed by atoms with Crippen LogP contribution in [-0.2, 0) is 6.54 Å². The molecule has 0 spiro atoms. The SMILES string of the molecule is CN=C(N=N)Sc1cc(NCc2ccc3ccccc3c2)c2ccccc2c1O. The molecule has 0 atom stereocenters. The largest absolute Gasteiger partial charge is 0.506 e. The van der Waals surface area contributed by atoms with Crippen molar-refractivity contribution in [3.63, 3.8) is 0 Å². The number of phenols is 1. The highest BCUT2D eigenvalue weighted by atomic mass is 32.2. The second kappa shape index (κ2) is 8.32. The zero-order valence-electron chi connectivity index (χ0n) is 15.9. The van der Waals surface area contributed by atoms with Crippen LogP contribution in [0.25, 0.3) is 21.5 Å². The van der Waals surface area contributed by atoms with Gasteiger partial charge in [-0.25, -0.2) is 5.53 Å². The number of thioether (sulfide) groups is 1. The minimum absolute atomic E-state index is 0.173. The van der Waals surface area contributed by atoms with Crippen molar-refractivity contribution in [2.45, 2.75) is 11.4 Å². The van der Waals surface area contributed by atoms with Gasteiger partial charge in [-0.1, -0.05) is 60.7 Å². The van der Waals surface area contributed by atoms with Gasteiger partial charge in [0.1, 0.15) is 5.75 Å². The Morgan fingerprint density at radius 2 is 1.69 bits per heavy atom. The van der Waals surface area contributed by atoms with Crippen LogP contribution in [0.2, 0.25) is 0 Å². The lowest BCUT2D eigenvalue weighted by Crippen LogP contribution is -2.01. The number of nitrogens with zero attached hydrogens (tertiary/aromatic N) is 2. The average molecular weight is 401 g/mol. The summed E-state index contributed by atoms with van der Waals surface area (Å²) in [5.41, 5.74) is 9.32. The standard InChI is InChI=1S/C23H20N4OS/c1-25-23(27-24)29-21-13-20(18-8-4-5-9-19(18)22(21)28)26-14-15-10-11-16-6-2-3-7-17(16)12-15/h2-13,24,26,28H,14H2,1H3. The second-order valence-electron chi connectivity index (χ2n) is 6.57. The number of fused-ring (bicyclic) bond motifs is 2. The van der Waals surface area contributed by atoms with Crippen molar-refractivity contribution in [3.05, 3.63) is 78.4 Å². The van der Waals surface area contributed by atoms with Gasteiger partial charge < -0.3 is 10.4 Å². The molecule has 0 amide bonds. The zero-order chi connectivity index (χ0) is 20.2. The van der Waals surface area contributed by atoms with Crippen molar-refractivity contribution in [2.75, 3.05) is 12.4 Å². The number of benzene rings is 4. The van der Waals surface area contributed by atoms with Gasteiger partial charge in [0, 0.05) is 30.1 Å². The first-order valence-electron chi connectivity index (χ1n) is 9.18. The first-order chi connectivity index (χ1) is 14.2. The van der Waals surface area contributed by atoms with E-state index in [4.69, 9.17) is 5.53 Å². The molecule has 0 saturated heterocycles. The third kappa shape index (κ3) is 3.93. The molecule has 0 radical (unpaired) electrons. The van der Waals surface area contributed by atoms with Gasteiger partial charge >= 0.3 is 0 Å². The Morgan fingerprint density at radius 3 is 2.45 bits per heavy atom. The summed E-state index contributed by atoms with van der Waals surface area (Å²) in [6.45, 7) is 0.654. The van der Waals surface area contributed by atoms with Gasteiger partial charge in [-0.3, -0.25) is 4.99 Å². The van der Waals surface area contributed by atoms with Gasteiger partial charge in [0.05, 0.1) is 4.90 Å². The monoisotopic (exact) mass is 400 g/mol. The van der Waals surface area contributed by atoms with Gasteiger partial charge in [-0.15, -0.1) is 5.11 Å². The summed E-state index contributed by atoms with van der Waals surface area (Å²) in [6.07, 6.45) is 0. The summed E-state index contributed by atoms with van der Waals surface area (Å²) in [5.74, 6) is 0.173. The highest BCUT2D eigenvalue weighted by Crippen LogP contribution is 2.40. The van der Waals surface area contributed by atoms with Gasteiger partial charge in [0.2, 0.25) is 5.17 Å². The lowest BCUT2D eigenvalue weighted by molar-refractivity contribution is 0.469. The second-order valence-corrected chi connectivity index (χ2v) is 7.58. The minimum Gasteiger partial charge on any atom is -0.506 e. The van der Waals surface area contributed by atoms with Crippen LogP contribution in [-0.4, -0.2) is 17.3 Å². The molecule has 0 saturated carbocycles. The van der Waals surface area contributed by atoms with E-state index in [-0.39, 0.29) is 10.9 Å². The maximum atomic E-state index is 10.7. The maximum Gasteiger partial charge on any atom is 0.208 e. The minimum atomic E-state index is 0.173. The molecule has 29 heavy (non-hydrogen) atoms. The number of hydrogen-bond donors (Lipinski definition) is 3. The maximum absolute atomic E-state index is 10.7. The lowest BCUT2D eigenvalue weighted by atomic mass is 10.1. The molecule has 6 heteroatoms. The van der Waals surface area contributed by atoms with Crippen LogP contribution in [0, 0.1) is 5.53 Å². The van der Waals surface area contributed by atoms with E-state index in [0.717, 1.165) is 16.5 Å². The Hall–Kier alpha value is -3.38. The number of hydrogen-bond acceptors (Lipinski definition) is 5. The highest BCUT2D eigenvalue weighted by molar-refractivity contribution is 8.14. The van der Waals surface area contributed by atoms with Crippen molar-refractivity contribution in [1.82, 2.24) is 0 Å². The van der Waals surface area contributed by atoms with Crippen LogP contribution < -0.4 is 5.32 Å². The molecule has 0 aliphatic rings. The third-order valence-electron chi connectivity index (χ3n) is 4.77. The van der Waals surface area contributed by atoms with E-state index in [0.29, 0.717) is 11.4 Å². The van der Waals surface area contributed by atoms with Crippen molar-refractivity contribution in [3.8, 4) is 5.75 Å². The smallest absolute Gasteiger partial charge is 0.208 e. The van der Waals surface area contributed by atoms with Crippen LogP contribution in [0.4, 0.5) is 5.69 Å². The van der Waals surface area contributed by atoms with Crippen LogP contribution in [0.15, 0.2) is 87.8 Å². The van der Waals surface area contributed by atoms with E-state index in [2.05, 4.69) is 45.8 Å². The Bertz CT molecular complexity index is 1240. The number of aromatic hydroxyl groups is 1. The molecule has 0 aliphatic heterocycles. The number of aliphatic imine (C=N–C) groups is 1. The normalized spacial score (nSPS) is 11.7. The molecule has 0 unspecified atom stereocenters. The lowest BCUT2D eigenvalue weighted by Gasteiger charge is -2.14. The third-order valence-corrected chi connectivity index (χ3v) is 5.75. The molecule has 5 nitrogen and oxygen atoms in total. The Morgan fingerprint density at radius 1 is 0.966 bits per heavy atom. The summed E-state index contributed by atoms with van der Waals surface area (Å²) in [4.78, 5) is 4.58. The van der Waals surface area contributed by atoms with Crippen LogP contribution >= 0.6 is 11.8 Å². The molecule has 0 bridgehead atoms. The molecular formula is C23H20N4OS. The van der Waals surface area contributed by atoms with Crippen molar-refractivity contribution >= 4 is 44.2 Å². The number of phenolic OH excluding ortho intramolecular Hbond substituents is 1. The Balaban J connectivity index is 1.69. The summed E-state index contributed by atoms with van der Waals surface area (Å²) in [5, 5.41) is 22.0. The molecule has 0 aliphatic carbocycles. The van der Waals surface area contributed by atoms with Gasteiger partial charge in [-0.05, 0) is 40.2 Å². The average Bonchev–Trinajstić information content (AvgIpc) is 2.78. The van der Waals surface area contributed by atoms with E-state index < -0.39 is 0 Å². The molecule has 144 valence electrons. The van der Waals surface area contributed by atoms with Crippen LogP contribution in [0.5, 0.6) is 5.75 Å². The van der Waals surface area contributed by atoms with E-state index >= 15 is 0 Å². The fraction of sp³-hybridized carbons (Fsp3) is 0.0870. The first kappa shape index (κ1) is 19.0. The van der Waals surface area contributed by atoms with Crippen LogP contribution in [0.1, 0.15) is 5.56 Å². The molecule has 0 fully saturated rings. The molecule has 3 N–H and O–H groups in total. The summed E-state index contributed by atoms with van der Waals surface area (Å²) in [6, 6.07) is 24.3. The predicted molar refractivity (Wildman–Crippen MR) is 121 cm³/mol. The molecule has 4 rings (SSSR count). The predicted octanol–water partition coefficient (Wildman–Crippen LogP) is 6.42. The summed E-state index contributed by atoms with van der Waals surface area (Å²) < 4.78 is 0. The van der Waals surface area contributed by atoms with E-state index in [9.17, 15) is 5.11 Å².